The molecule has 0 spiro atoms. The first-order valence-corrected chi connectivity index (χ1v) is 6.80. The first-order valence-electron chi connectivity index (χ1n) is 6.80. The molecule has 22 heavy (non-hydrogen) atoms. The lowest BCUT2D eigenvalue weighted by atomic mass is 10.2. The average molecular weight is 301 g/mol. The number of nitro groups is 1. The summed E-state index contributed by atoms with van der Waals surface area (Å²) >= 11 is 0. The molecule has 0 N–H and O–H groups in total. The van der Waals surface area contributed by atoms with Gasteiger partial charge in [-0.1, -0.05) is 19.1 Å². The van der Waals surface area contributed by atoms with Crippen molar-refractivity contribution in [2.24, 2.45) is 0 Å². The van der Waals surface area contributed by atoms with Crippen LogP contribution in [0.25, 0.3) is 0 Å². The first kappa shape index (κ1) is 15.5. The van der Waals surface area contributed by atoms with Gasteiger partial charge in [-0.15, -0.1) is 0 Å². The van der Waals surface area contributed by atoms with Gasteiger partial charge in [-0.25, -0.2) is 4.79 Å². The molecule has 0 aliphatic carbocycles. The summed E-state index contributed by atoms with van der Waals surface area (Å²) in [6.07, 6.45) is 0.890. The summed E-state index contributed by atoms with van der Waals surface area (Å²) < 4.78 is 10.5. The summed E-state index contributed by atoms with van der Waals surface area (Å²) in [7, 11) is 0. The molecule has 2 aromatic carbocycles. The minimum Gasteiger partial charge on any atom is -0.494 e. The molecule has 0 bridgehead atoms. The highest BCUT2D eigenvalue weighted by atomic mass is 16.6. The Morgan fingerprint density at radius 1 is 1.14 bits per heavy atom. The summed E-state index contributed by atoms with van der Waals surface area (Å²) in [4.78, 5) is 22.3. The molecule has 6 heteroatoms. The van der Waals surface area contributed by atoms with E-state index in [1.807, 2.05) is 6.92 Å². The number of para-hydroxylation sites is 2. The quantitative estimate of drug-likeness (QED) is 0.352. The third kappa shape index (κ3) is 3.82. The predicted octanol–water partition coefficient (Wildman–Crippen LogP) is 3.60. The zero-order chi connectivity index (χ0) is 15.9. The van der Waals surface area contributed by atoms with E-state index in [9.17, 15) is 14.9 Å². The molecule has 2 aromatic rings. The molecule has 0 fully saturated rings. The lowest BCUT2D eigenvalue weighted by Crippen LogP contribution is -2.09. The highest BCUT2D eigenvalue weighted by Crippen LogP contribution is 2.26. The maximum absolute atomic E-state index is 12.0. The van der Waals surface area contributed by atoms with Gasteiger partial charge in [0.25, 0.3) is 0 Å². The Balaban J connectivity index is 2.11. The Kier molecular flexibility index (Phi) is 5.08. The van der Waals surface area contributed by atoms with Crippen molar-refractivity contribution in [3.8, 4) is 11.5 Å². The van der Waals surface area contributed by atoms with Crippen LogP contribution in [-0.4, -0.2) is 17.5 Å². The van der Waals surface area contributed by atoms with Gasteiger partial charge in [-0.05, 0) is 36.8 Å². The maximum atomic E-state index is 12.0. The molecule has 0 unspecified atom stereocenters. The number of hydrogen-bond acceptors (Lipinski definition) is 5. The Labute approximate surface area is 127 Å². The Morgan fingerprint density at radius 3 is 2.45 bits per heavy atom. The van der Waals surface area contributed by atoms with Gasteiger partial charge in [0, 0.05) is 6.07 Å². The van der Waals surface area contributed by atoms with Gasteiger partial charge >= 0.3 is 11.7 Å². The third-order valence-electron chi connectivity index (χ3n) is 2.83. The fourth-order valence-electron chi connectivity index (χ4n) is 1.76. The maximum Gasteiger partial charge on any atom is 0.343 e. The number of carbonyl (C=O) groups is 1. The second kappa shape index (κ2) is 7.21. The number of benzene rings is 2. The highest BCUT2D eigenvalue weighted by Gasteiger charge is 2.18. The van der Waals surface area contributed by atoms with Crippen LogP contribution in [0.3, 0.4) is 0 Å². The molecule has 114 valence electrons. The van der Waals surface area contributed by atoms with Gasteiger partial charge in [0.05, 0.1) is 17.1 Å². The molecule has 0 saturated carbocycles. The fraction of sp³-hybridized carbons (Fsp3) is 0.188. The van der Waals surface area contributed by atoms with Gasteiger partial charge in [0.15, 0.2) is 0 Å². The molecule has 0 aliphatic rings. The van der Waals surface area contributed by atoms with Gasteiger partial charge in [-0.2, -0.15) is 0 Å². The van der Waals surface area contributed by atoms with E-state index in [1.54, 1.807) is 30.3 Å². The Hall–Kier alpha value is -2.89. The van der Waals surface area contributed by atoms with Crippen molar-refractivity contribution in [1.29, 1.82) is 0 Å². The standard InChI is InChI=1S/C16H15NO5/c1-2-11-21-13-9-7-12(8-10-13)16(18)22-15-6-4-3-5-14(15)17(19)20/h3-10H,2,11H2,1H3. The SMILES string of the molecule is CCCOc1ccc(C(=O)Oc2ccccc2[N+](=O)[O-])cc1. The molecule has 2 rings (SSSR count). The molecular formula is C16H15NO5. The van der Waals surface area contributed by atoms with E-state index in [-0.39, 0.29) is 11.4 Å². The van der Waals surface area contributed by atoms with E-state index in [1.165, 1.54) is 18.2 Å². The molecule has 0 saturated heterocycles. The van der Waals surface area contributed by atoms with Crippen LogP contribution >= 0.6 is 0 Å². The molecular weight excluding hydrogens is 286 g/mol. The number of hydrogen-bond donors (Lipinski definition) is 0. The second-order valence-electron chi connectivity index (χ2n) is 4.49. The summed E-state index contributed by atoms with van der Waals surface area (Å²) in [5.41, 5.74) is 0.0424. The van der Waals surface area contributed by atoms with E-state index < -0.39 is 10.9 Å². The summed E-state index contributed by atoms with van der Waals surface area (Å²) in [6, 6.07) is 12.2. The van der Waals surface area contributed by atoms with Crippen molar-refractivity contribution in [3.63, 3.8) is 0 Å². The van der Waals surface area contributed by atoms with Gasteiger partial charge < -0.3 is 9.47 Å². The van der Waals surface area contributed by atoms with Crippen molar-refractivity contribution >= 4 is 11.7 Å². The van der Waals surface area contributed by atoms with Crippen LogP contribution < -0.4 is 9.47 Å². The zero-order valence-electron chi connectivity index (χ0n) is 12.0. The Morgan fingerprint density at radius 2 is 1.82 bits per heavy atom. The average Bonchev–Trinajstić information content (AvgIpc) is 2.53. The predicted molar refractivity (Wildman–Crippen MR) is 80.3 cm³/mol. The number of ether oxygens (including phenoxy) is 2. The number of rotatable bonds is 6. The van der Waals surface area contributed by atoms with Crippen LogP contribution in [0.4, 0.5) is 5.69 Å². The van der Waals surface area contributed by atoms with Crippen molar-refractivity contribution in [2.75, 3.05) is 6.61 Å². The van der Waals surface area contributed by atoms with Gasteiger partial charge in [-0.3, -0.25) is 10.1 Å². The van der Waals surface area contributed by atoms with Crippen molar-refractivity contribution in [1.82, 2.24) is 0 Å². The molecule has 0 atom stereocenters. The van der Waals surface area contributed by atoms with E-state index in [0.29, 0.717) is 17.9 Å². The minimum atomic E-state index is -0.656. The van der Waals surface area contributed by atoms with Crippen molar-refractivity contribution in [3.05, 3.63) is 64.2 Å². The van der Waals surface area contributed by atoms with Crippen LogP contribution in [-0.2, 0) is 0 Å². The topological polar surface area (TPSA) is 78.7 Å². The summed E-state index contributed by atoms with van der Waals surface area (Å²) in [5.74, 6) is -0.0794. The lowest BCUT2D eigenvalue weighted by Gasteiger charge is -2.07. The van der Waals surface area contributed by atoms with E-state index in [2.05, 4.69) is 0 Å². The monoisotopic (exact) mass is 301 g/mol. The molecule has 0 aliphatic heterocycles. The lowest BCUT2D eigenvalue weighted by molar-refractivity contribution is -0.385. The number of nitrogens with zero attached hydrogens (tertiary/aromatic N) is 1. The van der Waals surface area contributed by atoms with Crippen LogP contribution in [0.5, 0.6) is 11.5 Å². The Bertz CT molecular complexity index is 666. The van der Waals surface area contributed by atoms with Crippen LogP contribution in [0.2, 0.25) is 0 Å². The smallest absolute Gasteiger partial charge is 0.343 e. The van der Waals surface area contributed by atoms with Gasteiger partial charge in [0.1, 0.15) is 5.75 Å². The van der Waals surface area contributed by atoms with Crippen LogP contribution in [0.1, 0.15) is 23.7 Å². The van der Waals surface area contributed by atoms with E-state index >= 15 is 0 Å². The minimum absolute atomic E-state index is 0.0798. The van der Waals surface area contributed by atoms with Crippen LogP contribution in [0, 0.1) is 10.1 Å². The molecule has 0 aromatic heterocycles. The number of nitro benzene ring substituents is 1. The van der Waals surface area contributed by atoms with E-state index in [0.717, 1.165) is 6.42 Å². The first-order chi connectivity index (χ1) is 10.6. The van der Waals surface area contributed by atoms with Crippen molar-refractivity contribution < 1.29 is 19.2 Å². The normalized spacial score (nSPS) is 10.0. The molecule has 0 heterocycles. The van der Waals surface area contributed by atoms with Gasteiger partial charge in [0.2, 0.25) is 5.75 Å². The van der Waals surface area contributed by atoms with Crippen molar-refractivity contribution in [2.45, 2.75) is 13.3 Å². The number of carbonyl (C=O) groups excluding carboxylic acids is 1. The highest BCUT2D eigenvalue weighted by molar-refractivity contribution is 5.91. The second-order valence-corrected chi connectivity index (χ2v) is 4.49. The largest absolute Gasteiger partial charge is 0.494 e. The molecule has 6 nitrogen and oxygen atoms in total. The summed E-state index contributed by atoms with van der Waals surface area (Å²) in [6.45, 7) is 2.60. The molecule has 0 radical (unpaired) electrons. The van der Waals surface area contributed by atoms with E-state index in [4.69, 9.17) is 9.47 Å². The fourth-order valence-corrected chi connectivity index (χ4v) is 1.76. The van der Waals surface area contributed by atoms with Crippen LogP contribution in [0.15, 0.2) is 48.5 Å². The summed E-state index contributed by atoms with van der Waals surface area (Å²) in [5, 5.41) is 10.9. The zero-order valence-corrected chi connectivity index (χ0v) is 12.0. The molecule has 0 amide bonds. The third-order valence-corrected chi connectivity index (χ3v) is 2.83. The number of esters is 1.